The van der Waals surface area contributed by atoms with Gasteiger partial charge in [-0.05, 0) is 42.7 Å². The van der Waals surface area contributed by atoms with Gasteiger partial charge in [0.2, 0.25) is 0 Å². The molecule has 0 radical (unpaired) electrons. The third-order valence-corrected chi connectivity index (χ3v) is 3.76. The summed E-state index contributed by atoms with van der Waals surface area (Å²) in [7, 11) is 0. The molecule has 0 bridgehead atoms. The van der Waals surface area contributed by atoms with Crippen molar-refractivity contribution in [3.05, 3.63) is 24.3 Å². The van der Waals surface area contributed by atoms with Gasteiger partial charge in [-0.15, -0.1) is 0 Å². The quantitative estimate of drug-likeness (QED) is 0.843. The Morgan fingerprint density at radius 2 is 2.11 bits per heavy atom. The SMILES string of the molecule is FC(F)(F)Sc1ccccc1NCC1CCCOC1. The smallest absolute Gasteiger partial charge is 0.384 e. The number of para-hydroxylation sites is 1. The van der Waals surface area contributed by atoms with Gasteiger partial charge in [-0.2, -0.15) is 13.2 Å². The molecule has 1 aromatic carbocycles. The number of benzene rings is 1. The second kappa shape index (κ2) is 6.52. The first-order valence-corrected chi connectivity index (χ1v) is 7.02. The number of alkyl halides is 3. The first-order valence-electron chi connectivity index (χ1n) is 6.21. The second-order valence-corrected chi connectivity index (χ2v) is 5.61. The average molecular weight is 291 g/mol. The van der Waals surface area contributed by atoms with E-state index in [0.29, 0.717) is 24.8 Å². The van der Waals surface area contributed by atoms with Crippen molar-refractivity contribution < 1.29 is 17.9 Å². The number of rotatable bonds is 4. The highest BCUT2D eigenvalue weighted by molar-refractivity contribution is 8.00. The van der Waals surface area contributed by atoms with Crippen molar-refractivity contribution in [3.8, 4) is 0 Å². The van der Waals surface area contributed by atoms with Crippen LogP contribution in [0.25, 0.3) is 0 Å². The fourth-order valence-electron chi connectivity index (χ4n) is 2.05. The Balaban J connectivity index is 1.95. The molecule has 0 amide bonds. The predicted molar refractivity (Wildman–Crippen MR) is 70.4 cm³/mol. The molecule has 1 N–H and O–H groups in total. The molecule has 2 nitrogen and oxygen atoms in total. The number of anilines is 1. The molecule has 1 unspecified atom stereocenters. The van der Waals surface area contributed by atoms with Crippen LogP contribution in [0.15, 0.2) is 29.2 Å². The molecule has 0 spiro atoms. The second-order valence-electron chi connectivity index (χ2n) is 4.51. The summed E-state index contributed by atoms with van der Waals surface area (Å²) in [5.41, 5.74) is -3.72. The van der Waals surface area contributed by atoms with Crippen molar-refractivity contribution in [2.45, 2.75) is 23.2 Å². The van der Waals surface area contributed by atoms with Gasteiger partial charge in [0.25, 0.3) is 0 Å². The molecule has 1 atom stereocenters. The van der Waals surface area contributed by atoms with Crippen molar-refractivity contribution in [1.82, 2.24) is 0 Å². The molecule has 0 aliphatic carbocycles. The summed E-state index contributed by atoms with van der Waals surface area (Å²) in [4.78, 5) is 0.215. The van der Waals surface area contributed by atoms with E-state index in [4.69, 9.17) is 4.74 Å². The van der Waals surface area contributed by atoms with E-state index in [1.54, 1.807) is 18.2 Å². The van der Waals surface area contributed by atoms with E-state index >= 15 is 0 Å². The molecule has 1 heterocycles. The van der Waals surface area contributed by atoms with Crippen LogP contribution < -0.4 is 5.32 Å². The molecular formula is C13H16F3NOS. The number of thioether (sulfide) groups is 1. The fraction of sp³-hybridized carbons (Fsp3) is 0.538. The van der Waals surface area contributed by atoms with Crippen LogP contribution in [0.2, 0.25) is 0 Å². The molecule has 106 valence electrons. The molecule has 0 aromatic heterocycles. The molecule has 1 fully saturated rings. The summed E-state index contributed by atoms with van der Waals surface area (Å²) in [6.07, 6.45) is 2.08. The van der Waals surface area contributed by atoms with Crippen molar-refractivity contribution >= 4 is 17.4 Å². The van der Waals surface area contributed by atoms with Crippen LogP contribution in [0.5, 0.6) is 0 Å². The highest BCUT2D eigenvalue weighted by Gasteiger charge is 2.30. The van der Waals surface area contributed by atoms with E-state index in [1.165, 1.54) is 6.07 Å². The van der Waals surface area contributed by atoms with E-state index in [9.17, 15) is 13.2 Å². The Labute approximate surface area is 114 Å². The van der Waals surface area contributed by atoms with Gasteiger partial charge < -0.3 is 10.1 Å². The van der Waals surface area contributed by atoms with E-state index in [1.807, 2.05) is 0 Å². The van der Waals surface area contributed by atoms with Crippen LogP contribution >= 0.6 is 11.8 Å². The number of ether oxygens (including phenoxy) is 1. The lowest BCUT2D eigenvalue weighted by Gasteiger charge is -2.23. The third kappa shape index (κ3) is 4.95. The third-order valence-electron chi connectivity index (χ3n) is 2.95. The maximum Gasteiger partial charge on any atom is 0.446 e. The molecule has 1 aliphatic heterocycles. The lowest BCUT2D eigenvalue weighted by molar-refractivity contribution is -0.0327. The van der Waals surface area contributed by atoms with Crippen LogP contribution in [0.1, 0.15) is 12.8 Å². The molecule has 1 aromatic rings. The van der Waals surface area contributed by atoms with E-state index in [-0.39, 0.29) is 16.7 Å². The van der Waals surface area contributed by atoms with Gasteiger partial charge in [0.15, 0.2) is 0 Å². The van der Waals surface area contributed by atoms with Crippen LogP contribution in [0, 0.1) is 5.92 Å². The number of nitrogens with one attached hydrogen (secondary N) is 1. The lowest BCUT2D eigenvalue weighted by Crippen LogP contribution is -2.24. The van der Waals surface area contributed by atoms with Crippen molar-refractivity contribution in [3.63, 3.8) is 0 Å². The molecule has 1 saturated heterocycles. The topological polar surface area (TPSA) is 21.3 Å². The Hall–Kier alpha value is -0.880. The summed E-state index contributed by atoms with van der Waals surface area (Å²) in [5, 5.41) is 3.10. The monoisotopic (exact) mass is 291 g/mol. The normalized spacial score (nSPS) is 20.3. The van der Waals surface area contributed by atoms with Crippen molar-refractivity contribution in [2.75, 3.05) is 25.1 Å². The minimum Gasteiger partial charge on any atom is -0.384 e. The maximum atomic E-state index is 12.4. The summed E-state index contributed by atoms with van der Waals surface area (Å²) < 4.78 is 42.7. The summed E-state index contributed by atoms with van der Waals surface area (Å²) >= 11 is -0.0798. The predicted octanol–water partition coefficient (Wildman–Crippen LogP) is 4.14. The lowest BCUT2D eigenvalue weighted by atomic mass is 10.0. The Kier molecular flexibility index (Phi) is 4.99. The highest BCUT2D eigenvalue weighted by Crippen LogP contribution is 2.40. The summed E-state index contributed by atoms with van der Waals surface area (Å²) in [6.45, 7) is 2.12. The van der Waals surface area contributed by atoms with Gasteiger partial charge >= 0.3 is 5.51 Å². The van der Waals surface area contributed by atoms with Gasteiger partial charge in [-0.3, -0.25) is 0 Å². The van der Waals surface area contributed by atoms with E-state index < -0.39 is 5.51 Å². The highest BCUT2D eigenvalue weighted by atomic mass is 32.2. The van der Waals surface area contributed by atoms with Crippen LogP contribution in [0.4, 0.5) is 18.9 Å². The Morgan fingerprint density at radius 1 is 1.32 bits per heavy atom. The zero-order valence-corrected chi connectivity index (χ0v) is 11.2. The van der Waals surface area contributed by atoms with Gasteiger partial charge in [0, 0.05) is 23.7 Å². The van der Waals surface area contributed by atoms with Crippen LogP contribution in [-0.2, 0) is 4.74 Å². The molecule has 2 rings (SSSR count). The standard InChI is InChI=1S/C13H16F3NOS/c14-13(15,16)19-12-6-2-1-5-11(12)17-8-10-4-3-7-18-9-10/h1-2,5-6,10,17H,3-4,7-9H2. The molecule has 6 heteroatoms. The van der Waals surface area contributed by atoms with E-state index in [2.05, 4.69) is 5.32 Å². The maximum absolute atomic E-state index is 12.4. The van der Waals surface area contributed by atoms with Gasteiger partial charge in [-0.1, -0.05) is 12.1 Å². The van der Waals surface area contributed by atoms with Gasteiger partial charge in [0.05, 0.1) is 6.61 Å². The average Bonchev–Trinajstić information content (AvgIpc) is 2.37. The number of hydrogen-bond acceptors (Lipinski definition) is 3. The molecular weight excluding hydrogens is 275 g/mol. The van der Waals surface area contributed by atoms with Crippen molar-refractivity contribution in [1.29, 1.82) is 0 Å². The Morgan fingerprint density at radius 3 is 2.79 bits per heavy atom. The molecule has 0 saturated carbocycles. The van der Waals surface area contributed by atoms with E-state index in [0.717, 1.165) is 19.4 Å². The fourth-order valence-corrected chi connectivity index (χ4v) is 2.70. The first-order chi connectivity index (χ1) is 9.04. The van der Waals surface area contributed by atoms with Gasteiger partial charge in [0.1, 0.15) is 0 Å². The molecule has 1 aliphatic rings. The number of hydrogen-bond donors (Lipinski definition) is 1. The first kappa shape index (κ1) is 14.5. The summed E-state index contributed by atoms with van der Waals surface area (Å²) in [6, 6.07) is 6.51. The zero-order valence-electron chi connectivity index (χ0n) is 10.4. The minimum absolute atomic E-state index is 0.0798. The van der Waals surface area contributed by atoms with Crippen LogP contribution in [-0.4, -0.2) is 25.3 Å². The summed E-state index contributed by atoms with van der Waals surface area (Å²) in [5.74, 6) is 0.373. The zero-order chi connectivity index (χ0) is 13.7. The largest absolute Gasteiger partial charge is 0.446 e. The van der Waals surface area contributed by atoms with Gasteiger partial charge in [-0.25, -0.2) is 0 Å². The Bertz CT molecular complexity index is 405. The number of halogens is 3. The van der Waals surface area contributed by atoms with Crippen molar-refractivity contribution in [2.24, 2.45) is 5.92 Å². The molecule has 19 heavy (non-hydrogen) atoms. The minimum atomic E-state index is -4.26. The van der Waals surface area contributed by atoms with Crippen LogP contribution in [0.3, 0.4) is 0 Å².